The number of nitrogens with zero attached hydrogens (tertiary/aromatic N) is 2. The number of H-pyrrole nitrogens is 1. The highest BCUT2D eigenvalue weighted by molar-refractivity contribution is 5.98. The van der Waals surface area contributed by atoms with Crippen LogP contribution in [0.15, 0.2) is 35.1 Å². The Morgan fingerprint density at radius 2 is 1.91 bits per heavy atom. The number of fused-ring (bicyclic) bond motifs is 2. The molecule has 9 heteroatoms. The Kier molecular flexibility index (Phi) is 5.94. The monoisotopic (exact) mass is 475 g/mol. The summed E-state index contributed by atoms with van der Waals surface area (Å²) in [5, 5.41) is 4.92. The van der Waals surface area contributed by atoms with E-state index in [1.807, 2.05) is 43.1 Å². The Bertz CT molecular complexity index is 1360. The van der Waals surface area contributed by atoms with Crippen LogP contribution in [0.5, 0.6) is 11.5 Å². The van der Waals surface area contributed by atoms with Crippen LogP contribution in [0.1, 0.15) is 46.6 Å². The van der Waals surface area contributed by atoms with Gasteiger partial charge < -0.3 is 19.8 Å². The van der Waals surface area contributed by atoms with Crippen molar-refractivity contribution >= 4 is 11.7 Å². The number of nitrogens with one attached hydrogen (secondary N) is 3. The number of carbonyl (C=O) groups is 1. The van der Waals surface area contributed by atoms with Crippen LogP contribution in [0.25, 0.3) is 11.3 Å². The Balaban J connectivity index is 1.52. The number of aromatic nitrogens is 2. The Morgan fingerprint density at radius 1 is 1.14 bits per heavy atom. The van der Waals surface area contributed by atoms with E-state index in [1.54, 1.807) is 6.07 Å². The summed E-state index contributed by atoms with van der Waals surface area (Å²) in [5.74, 6) is 1.83. The minimum atomic E-state index is -0.255. The zero-order valence-electron chi connectivity index (χ0n) is 20.3. The Labute approximate surface area is 203 Å². The minimum Gasteiger partial charge on any atom is -0.486 e. The molecule has 0 spiro atoms. The van der Waals surface area contributed by atoms with Crippen LogP contribution in [0, 0.1) is 13.8 Å². The minimum absolute atomic E-state index is 0.137. The first kappa shape index (κ1) is 22.9. The molecule has 0 fully saturated rings. The van der Waals surface area contributed by atoms with Crippen molar-refractivity contribution in [2.45, 2.75) is 46.8 Å². The summed E-state index contributed by atoms with van der Waals surface area (Å²) in [4.78, 5) is 33.5. The van der Waals surface area contributed by atoms with E-state index in [0.29, 0.717) is 48.1 Å². The molecular weight excluding hydrogens is 446 g/mol. The average Bonchev–Trinajstić information content (AvgIpc) is 3.26. The summed E-state index contributed by atoms with van der Waals surface area (Å²) < 4.78 is 11.4. The fourth-order valence-electron chi connectivity index (χ4n) is 4.52. The van der Waals surface area contributed by atoms with Gasteiger partial charge in [-0.2, -0.15) is 0 Å². The fraction of sp³-hybridized carbons (Fsp3) is 0.346. The Morgan fingerprint density at radius 3 is 2.66 bits per heavy atom. The molecule has 0 atom stereocenters. The van der Waals surface area contributed by atoms with Crippen molar-refractivity contribution in [1.82, 2.24) is 20.7 Å². The van der Waals surface area contributed by atoms with Crippen LogP contribution >= 0.6 is 0 Å². The quantitative estimate of drug-likeness (QED) is 0.521. The summed E-state index contributed by atoms with van der Waals surface area (Å²) in [5.41, 5.74) is 8.16. The van der Waals surface area contributed by atoms with Crippen LogP contribution < -0.4 is 30.8 Å². The van der Waals surface area contributed by atoms with Gasteiger partial charge in [0.2, 0.25) is 0 Å². The SMILES string of the molecule is Cc1cc(C)c(CNC(=O)c2cc(-c3ccc4c(c3)OCCO4)nc3c2CNN3C(C)C)c(=O)[nH]1. The predicted molar refractivity (Wildman–Crippen MR) is 133 cm³/mol. The molecule has 0 unspecified atom stereocenters. The smallest absolute Gasteiger partial charge is 0.253 e. The van der Waals surface area contributed by atoms with E-state index in [-0.39, 0.29) is 24.1 Å². The topological polar surface area (TPSA) is 109 Å². The van der Waals surface area contributed by atoms with Gasteiger partial charge in [-0.3, -0.25) is 14.6 Å². The largest absolute Gasteiger partial charge is 0.486 e. The molecule has 0 radical (unpaired) electrons. The summed E-state index contributed by atoms with van der Waals surface area (Å²) in [6.07, 6.45) is 0. The van der Waals surface area contributed by atoms with E-state index in [1.165, 1.54) is 0 Å². The highest BCUT2D eigenvalue weighted by Crippen LogP contribution is 2.37. The maximum absolute atomic E-state index is 13.4. The summed E-state index contributed by atoms with van der Waals surface area (Å²) in [6, 6.07) is 9.52. The second-order valence-electron chi connectivity index (χ2n) is 9.14. The zero-order chi connectivity index (χ0) is 24.7. The molecule has 3 N–H and O–H groups in total. The number of hydrazine groups is 1. The molecule has 0 saturated carbocycles. The first-order valence-corrected chi connectivity index (χ1v) is 11.8. The van der Waals surface area contributed by atoms with Gasteiger partial charge >= 0.3 is 0 Å². The highest BCUT2D eigenvalue weighted by atomic mass is 16.6. The third-order valence-electron chi connectivity index (χ3n) is 6.28. The summed E-state index contributed by atoms with van der Waals surface area (Å²) in [7, 11) is 0. The zero-order valence-corrected chi connectivity index (χ0v) is 20.3. The number of rotatable bonds is 5. The molecular formula is C26H29N5O4. The number of pyridine rings is 2. The molecule has 0 saturated heterocycles. The van der Waals surface area contributed by atoms with Crippen LogP contribution in [0.3, 0.4) is 0 Å². The maximum atomic E-state index is 13.4. The lowest BCUT2D eigenvalue weighted by atomic mass is 10.0. The van der Waals surface area contributed by atoms with Crippen LogP contribution in [-0.4, -0.2) is 35.1 Å². The highest BCUT2D eigenvalue weighted by Gasteiger charge is 2.29. The summed E-state index contributed by atoms with van der Waals surface area (Å²) >= 11 is 0. The number of anilines is 1. The van der Waals surface area contributed by atoms with Gasteiger partial charge in [0, 0.05) is 47.1 Å². The number of amides is 1. The van der Waals surface area contributed by atoms with E-state index in [4.69, 9.17) is 14.5 Å². The van der Waals surface area contributed by atoms with Gasteiger partial charge in [0.15, 0.2) is 11.5 Å². The van der Waals surface area contributed by atoms with Crippen molar-refractivity contribution in [2.24, 2.45) is 0 Å². The lowest BCUT2D eigenvalue weighted by Crippen LogP contribution is -2.38. The maximum Gasteiger partial charge on any atom is 0.253 e. The van der Waals surface area contributed by atoms with Gasteiger partial charge in [-0.05, 0) is 63.6 Å². The molecule has 182 valence electrons. The molecule has 2 aromatic heterocycles. The molecule has 2 aliphatic heterocycles. The first-order chi connectivity index (χ1) is 16.8. The van der Waals surface area contributed by atoms with Gasteiger partial charge in [-0.1, -0.05) is 0 Å². The molecule has 9 nitrogen and oxygen atoms in total. The van der Waals surface area contributed by atoms with Crippen LogP contribution in [-0.2, 0) is 13.1 Å². The number of aryl methyl sites for hydroxylation is 2. The van der Waals surface area contributed by atoms with E-state index < -0.39 is 0 Å². The van der Waals surface area contributed by atoms with E-state index >= 15 is 0 Å². The second kappa shape index (κ2) is 9.07. The number of aromatic amines is 1. The first-order valence-electron chi connectivity index (χ1n) is 11.8. The number of benzene rings is 1. The van der Waals surface area contributed by atoms with Gasteiger partial charge in [0.1, 0.15) is 19.0 Å². The predicted octanol–water partition coefficient (Wildman–Crippen LogP) is 2.99. The molecule has 2 aliphatic rings. The van der Waals surface area contributed by atoms with Crippen molar-refractivity contribution in [2.75, 3.05) is 18.2 Å². The molecule has 35 heavy (non-hydrogen) atoms. The third-order valence-corrected chi connectivity index (χ3v) is 6.28. The molecule has 0 bridgehead atoms. The van der Waals surface area contributed by atoms with Crippen molar-refractivity contribution in [3.63, 3.8) is 0 Å². The molecule has 1 amide bonds. The standard InChI is InChI=1S/C26H29N5O4/c1-14(2)31-24-20(13-28-31)18(25(32)27-12-19-15(3)9-16(4)29-26(19)33)11-21(30-24)17-5-6-22-23(10-17)35-8-7-34-22/h5-6,9-11,14,28H,7-8,12-13H2,1-4H3,(H,27,32)(H,29,33). The number of ether oxygens (including phenoxy) is 2. The van der Waals surface area contributed by atoms with Gasteiger partial charge in [0.05, 0.1) is 5.69 Å². The van der Waals surface area contributed by atoms with Crippen molar-refractivity contribution in [3.8, 4) is 22.8 Å². The fourth-order valence-corrected chi connectivity index (χ4v) is 4.52. The average molecular weight is 476 g/mol. The second-order valence-corrected chi connectivity index (χ2v) is 9.14. The molecule has 3 aromatic rings. The van der Waals surface area contributed by atoms with Crippen LogP contribution in [0.4, 0.5) is 5.82 Å². The molecule has 4 heterocycles. The summed E-state index contributed by atoms with van der Waals surface area (Å²) in [6.45, 7) is 9.48. The Hall–Kier alpha value is -3.85. The van der Waals surface area contributed by atoms with E-state index in [9.17, 15) is 9.59 Å². The third kappa shape index (κ3) is 4.35. The van der Waals surface area contributed by atoms with Gasteiger partial charge in [0.25, 0.3) is 11.5 Å². The van der Waals surface area contributed by atoms with Gasteiger partial charge in [-0.15, -0.1) is 0 Å². The number of hydrogen-bond acceptors (Lipinski definition) is 7. The van der Waals surface area contributed by atoms with Crippen LogP contribution in [0.2, 0.25) is 0 Å². The van der Waals surface area contributed by atoms with Crippen molar-refractivity contribution < 1.29 is 14.3 Å². The molecule has 0 aliphatic carbocycles. The molecule has 5 rings (SSSR count). The van der Waals surface area contributed by atoms with E-state index in [2.05, 4.69) is 29.6 Å². The normalized spacial score (nSPS) is 14.3. The number of hydrogen-bond donors (Lipinski definition) is 3. The number of carbonyl (C=O) groups excluding carboxylic acids is 1. The lowest BCUT2D eigenvalue weighted by Gasteiger charge is -2.23. The molecule has 1 aromatic carbocycles. The van der Waals surface area contributed by atoms with Gasteiger partial charge in [-0.25, -0.2) is 10.4 Å². The van der Waals surface area contributed by atoms with E-state index in [0.717, 1.165) is 28.2 Å². The van der Waals surface area contributed by atoms with Crippen molar-refractivity contribution in [1.29, 1.82) is 0 Å². The lowest BCUT2D eigenvalue weighted by molar-refractivity contribution is 0.0950. The van der Waals surface area contributed by atoms with Crippen molar-refractivity contribution in [3.05, 3.63) is 68.6 Å².